The van der Waals surface area contributed by atoms with Crippen LogP contribution in [0.2, 0.25) is 0 Å². The highest BCUT2D eigenvalue weighted by Gasteiger charge is 2.34. The summed E-state index contributed by atoms with van der Waals surface area (Å²) in [7, 11) is 0. The van der Waals surface area contributed by atoms with Crippen LogP contribution in [0.4, 0.5) is 0 Å². The van der Waals surface area contributed by atoms with Crippen LogP contribution in [0.3, 0.4) is 0 Å². The summed E-state index contributed by atoms with van der Waals surface area (Å²) in [5, 5.41) is 2.84. The second kappa shape index (κ2) is 5.73. The van der Waals surface area contributed by atoms with Gasteiger partial charge in [0.15, 0.2) is 0 Å². The third kappa shape index (κ3) is 3.22. The van der Waals surface area contributed by atoms with Gasteiger partial charge < -0.3 is 11.1 Å². The van der Waals surface area contributed by atoms with Crippen molar-refractivity contribution in [3.63, 3.8) is 0 Å². The summed E-state index contributed by atoms with van der Waals surface area (Å²) in [6.45, 7) is 2.69. The zero-order valence-electron chi connectivity index (χ0n) is 9.29. The molecule has 15 heavy (non-hydrogen) atoms. The van der Waals surface area contributed by atoms with Crippen molar-refractivity contribution in [2.75, 3.05) is 6.54 Å². The molecule has 0 heterocycles. The second-order valence-corrected chi connectivity index (χ2v) is 4.19. The highest BCUT2D eigenvalue weighted by Crippen LogP contribution is 2.29. The fourth-order valence-corrected chi connectivity index (χ4v) is 2.16. The first kappa shape index (κ1) is 12.0. The molecule has 0 aromatic carbocycles. The Labute approximate surface area is 90.6 Å². The van der Waals surface area contributed by atoms with E-state index in [9.17, 15) is 9.59 Å². The van der Waals surface area contributed by atoms with Crippen molar-refractivity contribution in [3.05, 3.63) is 0 Å². The molecule has 1 saturated carbocycles. The monoisotopic (exact) mass is 212 g/mol. The minimum absolute atomic E-state index is 0.000324. The molecule has 0 aromatic heterocycles. The molecular weight excluding hydrogens is 192 g/mol. The summed E-state index contributed by atoms with van der Waals surface area (Å²) < 4.78 is 0. The maximum absolute atomic E-state index is 11.8. The van der Waals surface area contributed by atoms with Gasteiger partial charge in [0, 0.05) is 18.4 Å². The number of hydrogen-bond acceptors (Lipinski definition) is 2. The van der Waals surface area contributed by atoms with Crippen molar-refractivity contribution in [1.29, 1.82) is 0 Å². The van der Waals surface area contributed by atoms with Crippen molar-refractivity contribution in [3.8, 4) is 0 Å². The van der Waals surface area contributed by atoms with E-state index in [1.165, 1.54) is 0 Å². The van der Waals surface area contributed by atoms with Crippen LogP contribution in [0.15, 0.2) is 0 Å². The molecule has 1 fully saturated rings. The Bertz CT molecular complexity index is 241. The highest BCUT2D eigenvalue weighted by atomic mass is 16.2. The molecule has 2 unspecified atom stereocenters. The van der Waals surface area contributed by atoms with Crippen molar-refractivity contribution in [2.45, 2.75) is 39.0 Å². The van der Waals surface area contributed by atoms with Crippen LogP contribution in [0.25, 0.3) is 0 Å². The lowest BCUT2D eigenvalue weighted by molar-refractivity contribution is -0.134. The Kier molecular flexibility index (Phi) is 4.59. The average Bonchev–Trinajstić information content (AvgIpc) is 2.25. The van der Waals surface area contributed by atoms with E-state index in [2.05, 4.69) is 5.32 Å². The largest absolute Gasteiger partial charge is 0.369 e. The summed E-state index contributed by atoms with van der Waals surface area (Å²) in [5.41, 5.74) is 5.31. The molecule has 0 aromatic rings. The Morgan fingerprint density at radius 2 is 1.87 bits per heavy atom. The van der Waals surface area contributed by atoms with E-state index in [1.54, 1.807) is 0 Å². The number of carbonyl (C=O) groups excluding carboxylic acids is 2. The lowest BCUT2D eigenvalue weighted by Gasteiger charge is -2.28. The third-order valence-electron chi connectivity index (χ3n) is 3.02. The molecular formula is C11H20N2O2. The Morgan fingerprint density at radius 3 is 2.40 bits per heavy atom. The smallest absolute Gasteiger partial charge is 0.223 e. The summed E-state index contributed by atoms with van der Waals surface area (Å²) in [6, 6.07) is 0. The maximum Gasteiger partial charge on any atom is 0.223 e. The maximum atomic E-state index is 11.8. The molecule has 1 aliphatic rings. The highest BCUT2D eigenvalue weighted by molar-refractivity contribution is 5.87. The van der Waals surface area contributed by atoms with E-state index in [4.69, 9.17) is 5.73 Å². The molecule has 86 valence electrons. The molecule has 0 spiro atoms. The number of amides is 2. The predicted octanol–water partition coefficient (Wildman–Crippen LogP) is 0.804. The van der Waals surface area contributed by atoms with Gasteiger partial charge in [0.1, 0.15) is 0 Å². The Balaban J connectivity index is 2.55. The summed E-state index contributed by atoms with van der Waals surface area (Å²) >= 11 is 0. The first-order valence-corrected chi connectivity index (χ1v) is 5.73. The summed E-state index contributed by atoms with van der Waals surface area (Å²) in [5.74, 6) is -0.773. The molecule has 4 nitrogen and oxygen atoms in total. The van der Waals surface area contributed by atoms with E-state index in [1.807, 2.05) is 6.92 Å². The summed E-state index contributed by atoms with van der Waals surface area (Å²) in [4.78, 5) is 22.9. The minimum Gasteiger partial charge on any atom is -0.369 e. The normalized spacial score (nSPS) is 25.9. The fourth-order valence-electron chi connectivity index (χ4n) is 2.16. The van der Waals surface area contributed by atoms with E-state index in [-0.39, 0.29) is 23.7 Å². The Hall–Kier alpha value is -1.06. The van der Waals surface area contributed by atoms with Crippen LogP contribution in [-0.4, -0.2) is 18.4 Å². The molecule has 1 rings (SSSR count). The molecule has 2 atom stereocenters. The van der Waals surface area contributed by atoms with Crippen LogP contribution in [0, 0.1) is 11.8 Å². The molecule has 2 amide bonds. The van der Waals surface area contributed by atoms with Gasteiger partial charge >= 0.3 is 0 Å². The van der Waals surface area contributed by atoms with Gasteiger partial charge in [-0.25, -0.2) is 0 Å². The molecule has 0 saturated heterocycles. The molecule has 0 radical (unpaired) electrons. The van der Waals surface area contributed by atoms with Crippen LogP contribution in [0.1, 0.15) is 39.0 Å². The number of nitrogens with two attached hydrogens (primary N) is 1. The molecule has 4 heteroatoms. The lowest BCUT2D eigenvalue weighted by atomic mass is 9.78. The first-order chi connectivity index (χ1) is 7.16. The number of nitrogens with one attached hydrogen (secondary N) is 1. The number of primary amides is 1. The van der Waals surface area contributed by atoms with Crippen LogP contribution in [-0.2, 0) is 9.59 Å². The average molecular weight is 212 g/mol. The van der Waals surface area contributed by atoms with Gasteiger partial charge in [0.05, 0.1) is 0 Å². The molecule has 0 bridgehead atoms. The van der Waals surface area contributed by atoms with Gasteiger partial charge in [0.25, 0.3) is 0 Å². The molecule has 1 aliphatic carbocycles. The number of rotatable bonds is 4. The molecule has 3 N–H and O–H groups in total. The van der Waals surface area contributed by atoms with E-state index in [0.29, 0.717) is 6.54 Å². The van der Waals surface area contributed by atoms with Crippen molar-refractivity contribution in [2.24, 2.45) is 17.6 Å². The zero-order valence-corrected chi connectivity index (χ0v) is 9.29. The van der Waals surface area contributed by atoms with E-state index >= 15 is 0 Å². The van der Waals surface area contributed by atoms with Crippen molar-refractivity contribution < 1.29 is 9.59 Å². The van der Waals surface area contributed by atoms with Gasteiger partial charge in [0.2, 0.25) is 11.8 Å². The molecule has 0 aliphatic heterocycles. The Morgan fingerprint density at radius 1 is 1.27 bits per heavy atom. The fraction of sp³-hybridized carbons (Fsp3) is 0.818. The lowest BCUT2D eigenvalue weighted by Crippen LogP contribution is -2.42. The SMILES string of the molecule is CCCNC(=O)C1CCCCC1C(N)=O. The van der Waals surface area contributed by atoms with Gasteiger partial charge in [-0.05, 0) is 19.3 Å². The number of hydrogen-bond donors (Lipinski definition) is 2. The third-order valence-corrected chi connectivity index (χ3v) is 3.02. The zero-order chi connectivity index (χ0) is 11.3. The quantitative estimate of drug-likeness (QED) is 0.723. The van der Waals surface area contributed by atoms with Gasteiger partial charge in [-0.3, -0.25) is 9.59 Å². The first-order valence-electron chi connectivity index (χ1n) is 5.73. The second-order valence-electron chi connectivity index (χ2n) is 4.19. The van der Waals surface area contributed by atoms with Crippen LogP contribution < -0.4 is 11.1 Å². The van der Waals surface area contributed by atoms with Crippen LogP contribution >= 0.6 is 0 Å². The van der Waals surface area contributed by atoms with Gasteiger partial charge in [-0.2, -0.15) is 0 Å². The predicted molar refractivity (Wildman–Crippen MR) is 57.9 cm³/mol. The van der Waals surface area contributed by atoms with Crippen molar-refractivity contribution in [1.82, 2.24) is 5.32 Å². The van der Waals surface area contributed by atoms with E-state index in [0.717, 1.165) is 32.1 Å². The topological polar surface area (TPSA) is 72.2 Å². The number of carbonyl (C=O) groups is 2. The van der Waals surface area contributed by atoms with Crippen LogP contribution in [0.5, 0.6) is 0 Å². The summed E-state index contributed by atoms with van der Waals surface area (Å²) in [6.07, 6.45) is 4.50. The van der Waals surface area contributed by atoms with Gasteiger partial charge in [-0.1, -0.05) is 19.8 Å². The van der Waals surface area contributed by atoms with E-state index < -0.39 is 0 Å². The minimum atomic E-state index is -0.327. The van der Waals surface area contributed by atoms with Crippen molar-refractivity contribution >= 4 is 11.8 Å². The van der Waals surface area contributed by atoms with Gasteiger partial charge in [-0.15, -0.1) is 0 Å². The standard InChI is InChI=1S/C11H20N2O2/c1-2-7-13-11(15)9-6-4-3-5-8(9)10(12)14/h8-9H,2-7H2,1H3,(H2,12,14)(H,13,15).